The van der Waals surface area contributed by atoms with E-state index >= 15 is 0 Å². The minimum atomic E-state index is -3.32. The summed E-state index contributed by atoms with van der Waals surface area (Å²) in [6.07, 6.45) is 0.569. The summed E-state index contributed by atoms with van der Waals surface area (Å²) in [5.41, 5.74) is -3.58. The number of nitrogens with zero attached hydrogens (tertiary/aromatic N) is 1. The summed E-state index contributed by atoms with van der Waals surface area (Å²) < 4.78 is 40.8. The van der Waals surface area contributed by atoms with Crippen LogP contribution in [-0.2, 0) is 24.3 Å². The lowest BCUT2D eigenvalue weighted by molar-refractivity contribution is -0.129. The highest BCUT2D eigenvalue weighted by Gasteiger charge is 2.44. The van der Waals surface area contributed by atoms with Gasteiger partial charge in [-0.3, -0.25) is 9.59 Å². The van der Waals surface area contributed by atoms with Crippen molar-refractivity contribution in [2.45, 2.75) is 39.4 Å². The largest absolute Gasteiger partial charge is 0.341 e. The molecule has 0 radical (unpaired) electrons. The first-order valence-electron chi connectivity index (χ1n) is 10.2. The summed E-state index contributed by atoms with van der Waals surface area (Å²) in [6, 6.07) is 4.77. The molecule has 0 saturated carbocycles. The van der Waals surface area contributed by atoms with Crippen LogP contribution >= 0.6 is 19.7 Å². The van der Waals surface area contributed by atoms with E-state index in [1.807, 2.05) is 0 Å². The van der Waals surface area contributed by atoms with E-state index in [9.17, 15) is 23.2 Å². The van der Waals surface area contributed by atoms with Gasteiger partial charge < -0.3 is 24.1 Å². The van der Waals surface area contributed by atoms with Crippen LogP contribution in [0.3, 0.4) is 0 Å². The number of halogens is 2. The molecule has 0 saturated heterocycles. The topological polar surface area (TPSA) is 84.9 Å². The predicted molar refractivity (Wildman–Crippen MR) is 121 cm³/mol. The van der Waals surface area contributed by atoms with Gasteiger partial charge in [-0.15, -0.1) is 11.3 Å². The first kappa shape index (κ1) is 26.3. The molecule has 32 heavy (non-hydrogen) atoms. The Balaban J connectivity index is 2.24. The van der Waals surface area contributed by atoms with Gasteiger partial charge in [0.1, 0.15) is 12.3 Å². The van der Waals surface area contributed by atoms with Crippen molar-refractivity contribution in [3.05, 3.63) is 34.7 Å². The fourth-order valence-corrected chi connectivity index (χ4v) is 5.13. The Morgan fingerprint density at radius 1 is 1.22 bits per heavy atom. The monoisotopic (exact) mass is 488 g/mol. The van der Waals surface area contributed by atoms with Crippen molar-refractivity contribution in [2.75, 3.05) is 26.3 Å². The summed E-state index contributed by atoms with van der Waals surface area (Å²) >= 11 is 1.13. The van der Waals surface area contributed by atoms with Gasteiger partial charge in [0.25, 0.3) is 14.3 Å². The van der Waals surface area contributed by atoms with Gasteiger partial charge in [0.05, 0.1) is 18.1 Å². The lowest BCUT2D eigenvalue weighted by atomic mass is 10.1. The summed E-state index contributed by atoms with van der Waals surface area (Å²) in [6.45, 7) is 7.07. The van der Waals surface area contributed by atoms with Crippen LogP contribution in [0.1, 0.15) is 42.9 Å². The minimum Gasteiger partial charge on any atom is -0.341 e. The number of thiophene rings is 1. The Hall–Kier alpha value is -2.00. The van der Waals surface area contributed by atoms with Crippen LogP contribution in [0.25, 0.3) is 10.1 Å². The summed E-state index contributed by atoms with van der Waals surface area (Å²) in [5, 5.41) is 3.06. The molecule has 0 unspecified atom stereocenters. The zero-order valence-corrected chi connectivity index (χ0v) is 20.1. The van der Waals surface area contributed by atoms with Crippen LogP contribution in [0.2, 0.25) is 0 Å². The number of amides is 2. The van der Waals surface area contributed by atoms with E-state index in [1.54, 1.807) is 20.8 Å². The maximum atomic E-state index is 15.0. The Morgan fingerprint density at radius 2 is 1.88 bits per heavy atom. The number of alkyl halides is 2. The molecule has 0 aliphatic carbocycles. The molecule has 176 valence electrons. The second-order valence-electron chi connectivity index (χ2n) is 6.77. The van der Waals surface area contributed by atoms with Crippen molar-refractivity contribution in [1.29, 1.82) is 0 Å². The van der Waals surface area contributed by atoms with E-state index in [0.717, 1.165) is 11.3 Å². The first-order valence-corrected chi connectivity index (χ1v) is 12.2. The smallest absolute Gasteiger partial charge is 0.339 e. The van der Waals surface area contributed by atoms with Gasteiger partial charge in [-0.2, -0.15) is 8.78 Å². The van der Waals surface area contributed by atoms with Crippen LogP contribution in [0.5, 0.6) is 0 Å². The van der Waals surface area contributed by atoms with Crippen LogP contribution < -0.4 is 5.32 Å². The normalized spacial score (nSPS) is 12.7. The molecule has 0 fully saturated rings. The van der Waals surface area contributed by atoms with Gasteiger partial charge in [-0.05, 0) is 44.4 Å². The van der Waals surface area contributed by atoms with Crippen molar-refractivity contribution in [1.82, 2.24) is 10.2 Å². The minimum absolute atomic E-state index is 0.0563. The van der Waals surface area contributed by atoms with Gasteiger partial charge >= 0.3 is 5.66 Å². The average molecular weight is 488 g/mol. The highest BCUT2D eigenvalue weighted by Crippen LogP contribution is 2.60. The third-order valence-corrected chi connectivity index (χ3v) is 7.35. The Bertz CT molecular complexity index is 949. The van der Waals surface area contributed by atoms with Crippen molar-refractivity contribution in [3.63, 3.8) is 0 Å². The lowest BCUT2D eigenvalue weighted by Crippen LogP contribution is -2.46. The molecule has 1 atom stereocenters. The molecule has 0 aliphatic heterocycles. The van der Waals surface area contributed by atoms with Gasteiger partial charge in [0, 0.05) is 30.3 Å². The van der Waals surface area contributed by atoms with E-state index in [2.05, 4.69) is 5.32 Å². The summed E-state index contributed by atoms with van der Waals surface area (Å²) in [4.78, 5) is 37.3. The van der Waals surface area contributed by atoms with E-state index < -0.39 is 26.0 Å². The maximum absolute atomic E-state index is 15.0. The average Bonchev–Trinajstić information content (AvgIpc) is 3.19. The number of rotatable bonds is 12. The highest BCUT2D eigenvalue weighted by atomic mass is 32.1. The molecule has 2 amide bonds. The zero-order chi connectivity index (χ0) is 23.9. The SMILES string of the molecule is CCOP(OCC)C(F)(F)c1ccc2sc(C(=O)N[C@H](C=O)CN(CC)C(C)=O)cc2c1. The molecule has 1 aromatic carbocycles. The van der Waals surface area contributed by atoms with Crippen LogP contribution in [0, 0.1) is 0 Å². The number of nitrogens with one attached hydrogen (secondary N) is 1. The highest BCUT2D eigenvalue weighted by molar-refractivity contribution is 7.48. The Kier molecular flexibility index (Phi) is 9.64. The molecule has 11 heteroatoms. The molecule has 0 bridgehead atoms. The van der Waals surface area contributed by atoms with E-state index in [0.29, 0.717) is 22.9 Å². The predicted octanol–water partition coefficient (Wildman–Crippen LogP) is 4.50. The van der Waals surface area contributed by atoms with Crippen molar-refractivity contribution in [3.8, 4) is 0 Å². The summed E-state index contributed by atoms with van der Waals surface area (Å²) in [7, 11) is -2.45. The Labute approximate surface area is 191 Å². The Morgan fingerprint density at radius 3 is 2.41 bits per heavy atom. The third kappa shape index (κ3) is 6.28. The molecule has 1 aromatic heterocycles. The number of carbonyl (C=O) groups excluding carboxylic acids is 3. The molecule has 7 nitrogen and oxygen atoms in total. The second-order valence-corrected chi connectivity index (χ2v) is 9.45. The van der Waals surface area contributed by atoms with Crippen molar-refractivity contribution in [2.24, 2.45) is 0 Å². The van der Waals surface area contributed by atoms with Gasteiger partial charge in [-0.1, -0.05) is 6.07 Å². The van der Waals surface area contributed by atoms with E-state index in [4.69, 9.17) is 9.05 Å². The fraction of sp³-hybridized carbons (Fsp3) is 0.476. The summed E-state index contributed by atoms with van der Waals surface area (Å²) in [5.74, 6) is -0.718. The molecular weight excluding hydrogens is 461 g/mol. The number of fused-ring (bicyclic) bond motifs is 1. The van der Waals surface area contributed by atoms with Gasteiger partial charge in [0.15, 0.2) is 0 Å². The lowest BCUT2D eigenvalue weighted by Gasteiger charge is -2.25. The van der Waals surface area contributed by atoms with Crippen LogP contribution in [-0.4, -0.2) is 55.3 Å². The van der Waals surface area contributed by atoms with Crippen molar-refractivity contribution < 1.29 is 32.2 Å². The molecule has 2 rings (SSSR count). The quantitative estimate of drug-likeness (QED) is 0.351. The maximum Gasteiger partial charge on any atom is 0.339 e. The molecular formula is C21H27F2N2O5PS. The number of aldehydes is 1. The van der Waals surface area contributed by atoms with Crippen LogP contribution in [0.4, 0.5) is 8.78 Å². The molecule has 1 N–H and O–H groups in total. The van der Waals surface area contributed by atoms with Crippen LogP contribution in [0.15, 0.2) is 24.3 Å². The zero-order valence-electron chi connectivity index (χ0n) is 18.4. The van der Waals surface area contributed by atoms with Gasteiger partial charge in [-0.25, -0.2) is 0 Å². The van der Waals surface area contributed by atoms with Gasteiger partial charge in [0.2, 0.25) is 5.91 Å². The molecule has 1 heterocycles. The number of hydrogen-bond donors (Lipinski definition) is 1. The van der Waals surface area contributed by atoms with Crippen molar-refractivity contribution >= 4 is 47.9 Å². The molecule has 0 spiro atoms. The molecule has 0 aliphatic rings. The second kappa shape index (κ2) is 11.7. The first-order chi connectivity index (χ1) is 15.2. The third-order valence-electron chi connectivity index (χ3n) is 4.53. The number of benzene rings is 1. The molecule has 2 aromatic rings. The van der Waals surface area contributed by atoms with E-state index in [-0.39, 0.29) is 36.1 Å². The number of hydrogen-bond acceptors (Lipinski definition) is 6. The van der Waals surface area contributed by atoms with E-state index in [1.165, 1.54) is 36.1 Å². The fourth-order valence-electron chi connectivity index (χ4n) is 2.96. The number of likely N-dealkylation sites (N-methyl/N-ethyl adjacent to an activating group) is 1. The number of carbonyl (C=O) groups is 3. The standard InChI is InChI=1S/C21H27F2N2O5PS/c1-5-25(14(4)27)12-17(13-26)24-20(28)19-11-15-10-16(8-9-18(15)32-19)21(22,23)31(29-6-2)30-7-3/h8-11,13,17H,5-7,12H2,1-4H3,(H,24,28)/t17-/m0/s1.